The van der Waals surface area contributed by atoms with Gasteiger partial charge in [0.15, 0.2) is 4.80 Å². The Hall–Kier alpha value is -3.58. The first-order chi connectivity index (χ1) is 22.2. The number of aromatic nitrogens is 1. The third-order valence-electron chi connectivity index (χ3n) is 7.21. The van der Waals surface area contributed by atoms with Crippen LogP contribution >= 0.6 is 61.5 Å². The summed E-state index contributed by atoms with van der Waals surface area (Å²) in [5, 5.41) is 0.522. The molecule has 2 heterocycles. The molecule has 0 N–H and O–H groups in total. The van der Waals surface area contributed by atoms with Crippen molar-refractivity contribution in [1.29, 1.82) is 0 Å². The minimum atomic E-state index is -0.829. The summed E-state index contributed by atoms with van der Waals surface area (Å²) in [6.07, 6.45) is 1.74. The molecule has 1 atom stereocenters. The Balaban J connectivity index is 1.56. The first-order valence-corrected chi connectivity index (χ1v) is 17.2. The minimum absolute atomic E-state index is 0.00625. The van der Waals surface area contributed by atoms with Gasteiger partial charge in [-0.15, -0.1) is 0 Å². The molecule has 1 aliphatic rings. The fourth-order valence-corrected chi connectivity index (χ4v) is 7.97. The second kappa shape index (κ2) is 14.0. The number of nitrogens with zero attached hydrogens (tertiary/aromatic N) is 2. The summed E-state index contributed by atoms with van der Waals surface area (Å²) in [7, 11) is 0. The molecule has 4 aromatic carbocycles. The number of fused-ring (bicyclic) bond motifs is 1. The number of ether oxygens (including phenoxy) is 2. The lowest BCUT2D eigenvalue weighted by molar-refractivity contribution is -0.138. The van der Waals surface area contributed by atoms with Crippen LogP contribution in [-0.4, -0.2) is 17.1 Å². The van der Waals surface area contributed by atoms with Gasteiger partial charge in [0.05, 0.1) is 32.0 Å². The molecule has 232 valence electrons. The van der Waals surface area contributed by atoms with Crippen LogP contribution in [0.5, 0.6) is 5.75 Å². The molecule has 1 aliphatic heterocycles. The van der Waals surface area contributed by atoms with E-state index in [2.05, 4.69) is 38.5 Å². The van der Waals surface area contributed by atoms with Gasteiger partial charge in [-0.05, 0) is 71.5 Å². The normalized spacial score (nSPS) is 14.5. The molecule has 0 saturated carbocycles. The molecule has 1 aromatic heterocycles. The lowest BCUT2D eigenvalue weighted by Gasteiger charge is -2.26. The Morgan fingerprint density at radius 3 is 2.52 bits per heavy atom. The second-order valence-electron chi connectivity index (χ2n) is 10.2. The predicted octanol–water partition coefficient (Wildman–Crippen LogP) is 7.67. The van der Waals surface area contributed by atoms with Crippen molar-refractivity contribution < 1.29 is 18.7 Å². The molecule has 0 spiro atoms. The number of esters is 1. The van der Waals surface area contributed by atoms with E-state index >= 15 is 0 Å². The number of thiazole rings is 1. The number of carbonyl (C=O) groups excluding carboxylic acids is 1. The Kier molecular flexibility index (Phi) is 9.88. The zero-order valence-corrected chi connectivity index (χ0v) is 29.5. The van der Waals surface area contributed by atoms with E-state index in [1.165, 1.54) is 22.0 Å². The van der Waals surface area contributed by atoms with Crippen molar-refractivity contribution in [2.24, 2.45) is 4.99 Å². The van der Waals surface area contributed by atoms with Crippen LogP contribution in [0.15, 0.2) is 111 Å². The van der Waals surface area contributed by atoms with E-state index in [1.807, 2.05) is 42.5 Å². The summed E-state index contributed by atoms with van der Waals surface area (Å²) < 4.78 is 29.5. The maximum absolute atomic E-state index is 14.4. The summed E-state index contributed by atoms with van der Waals surface area (Å²) in [6, 6.07) is 25.7. The molecular weight excluding hydrogens is 806 g/mol. The lowest BCUT2D eigenvalue weighted by atomic mass is 9.93. The van der Waals surface area contributed by atoms with E-state index in [0.717, 1.165) is 8.04 Å². The van der Waals surface area contributed by atoms with Crippen molar-refractivity contribution in [2.75, 3.05) is 6.61 Å². The van der Waals surface area contributed by atoms with E-state index in [9.17, 15) is 14.0 Å². The van der Waals surface area contributed by atoms with Crippen LogP contribution in [0.3, 0.4) is 0 Å². The van der Waals surface area contributed by atoms with Crippen molar-refractivity contribution in [3.05, 3.63) is 157 Å². The van der Waals surface area contributed by atoms with Crippen molar-refractivity contribution in [2.45, 2.75) is 19.6 Å². The van der Waals surface area contributed by atoms with Crippen LogP contribution in [0, 0.1) is 9.39 Å². The molecular formula is C35H24BrClFIN2O4S. The molecule has 0 bridgehead atoms. The number of halogens is 4. The Bertz CT molecular complexity index is 2170. The van der Waals surface area contributed by atoms with Gasteiger partial charge in [0.1, 0.15) is 18.2 Å². The Labute approximate surface area is 294 Å². The first-order valence-electron chi connectivity index (χ1n) is 14.1. The Morgan fingerprint density at radius 2 is 1.80 bits per heavy atom. The summed E-state index contributed by atoms with van der Waals surface area (Å²) in [5.74, 6) is -0.424. The van der Waals surface area contributed by atoms with Gasteiger partial charge in [0, 0.05) is 26.2 Å². The molecule has 5 aromatic rings. The van der Waals surface area contributed by atoms with Crippen LogP contribution in [0.25, 0.3) is 11.8 Å². The highest BCUT2D eigenvalue weighted by Crippen LogP contribution is 2.36. The number of carbonyl (C=O) groups is 1. The smallest absolute Gasteiger partial charge is 0.338 e. The predicted molar refractivity (Wildman–Crippen MR) is 190 cm³/mol. The molecule has 0 aliphatic carbocycles. The first kappa shape index (κ1) is 32.4. The molecule has 0 fully saturated rings. The number of hydrogen-bond acceptors (Lipinski definition) is 6. The van der Waals surface area contributed by atoms with Gasteiger partial charge in [0.2, 0.25) is 0 Å². The standard InChI is InChI=1S/C35H24BrClFIN2O4S/c1-2-44-34(43)29-30(20-8-4-3-5-9-20)40-35-41(31(29)21-12-14-25(37)15-13-21)33(42)28(46-35)17-23-16-24(36)18-27(39)32(23)45-19-22-10-6-7-11-26(22)38/h3-18,31H,2,19H2,1H3/b28-17-/t31-/m0/s1. The topological polar surface area (TPSA) is 69.9 Å². The molecule has 46 heavy (non-hydrogen) atoms. The van der Waals surface area contributed by atoms with Crippen LogP contribution in [-0.2, 0) is 16.1 Å². The maximum Gasteiger partial charge on any atom is 0.338 e. The van der Waals surface area contributed by atoms with Gasteiger partial charge in [-0.2, -0.15) is 0 Å². The van der Waals surface area contributed by atoms with Gasteiger partial charge < -0.3 is 9.47 Å². The average molecular weight is 830 g/mol. The van der Waals surface area contributed by atoms with Crippen LogP contribution in [0.2, 0.25) is 5.02 Å². The van der Waals surface area contributed by atoms with E-state index in [-0.39, 0.29) is 30.2 Å². The van der Waals surface area contributed by atoms with Gasteiger partial charge >= 0.3 is 5.97 Å². The highest BCUT2D eigenvalue weighted by molar-refractivity contribution is 14.1. The number of hydrogen-bond donors (Lipinski definition) is 0. The quantitative estimate of drug-likeness (QED) is 0.119. The SMILES string of the molecule is CCOC(=O)C1=C(c2ccccc2)N=c2s/c(=C\c3cc(Br)cc(I)c3OCc3ccccc3F)c(=O)n2[C@H]1c1ccc(Cl)cc1. The highest BCUT2D eigenvalue weighted by Gasteiger charge is 2.35. The average Bonchev–Trinajstić information content (AvgIpc) is 3.35. The molecule has 6 rings (SSSR count). The molecule has 0 saturated heterocycles. The highest BCUT2D eigenvalue weighted by atomic mass is 127. The monoisotopic (exact) mass is 828 g/mol. The van der Waals surface area contributed by atoms with Crippen LogP contribution < -0.4 is 19.6 Å². The summed E-state index contributed by atoms with van der Waals surface area (Å²) in [5.41, 5.74) is 2.76. The lowest BCUT2D eigenvalue weighted by Crippen LogP contribution is -2.40. The number of rotatable bonds is 8. The number of benzene rings is 4. The third-order valence-corrected chi connectivity index (χ3v) is 9.71. The maximum atomic E-state index is 14.4. The summed E-state index contributed by atoms with van der Waals surface area (Å²) in [6.45, 7) is 1.89. The fraction of sp³-hybridized carbons (Fsp3) is 0.114. The molecule has 0 unspecified atom stereocenters. The summed E-state index contributed by atoms with van der Waals surface area (Å²) >= 11 is 13.1. The zero-order valence-electron chi connectivity index (χ0n) is 24.2. The largest absolute Gasteiger partial charge is 0.487 e. The molecule has 6 nitrogen and oxygen atoms in total. The van der Waals surface area contributed by atoms with Crippen LogP contribution in [0.4, 0.5) is 4.39 Å². The zero-order chi connectivity index (χ0) is 32.4. The molecule has 11 heteroatoms. The minimum Gasteiger partial charge on any atom is -0.487 e. The van der Waals surface area contributed by atoms with E-state index in [1.54, 1.807) is 55.5 Å². The van der Waals surface area contributed by atoms with Gasteiger partial charge in [0.25, 0.3) is 5.56 Å². The fourth-order valence-electron chi connectivity index (χ4n) is 5.15. The molecule has 0 amide bonds. The van der Waals surface area contributed by atoms with Crippen LogP contribution in [0.1, 0.15) is 35.2 Å². The van der Waals surface area contributed by atoms with Crippen molar-refractivity contribution in [3.63, 3.8) is 0 Å². The summed E-state index contributed by atoms with van der Waals surface area (Å²) in [4.78, 5) is 33.3. The van der Waals surface area contributed by atoms with Crippen molar-refractivity contribution in [3.8, 4) is 5.75 Å². The van der Waals surface area contributed by atoms with E-state index < -0.39 is 12.0 Å². The second-order valence-corrected chi connectivity index (χ2v) is 13.7. The third kappa shape index (κ3) is 6.62. The molecule has 0 radical (unpaired) electrons. The van der Waals surface area contributed by atoms with Crippen molar-refractivity contribution in [1.82, 2.24) is 4.57 Å². The van der Waals surface area contributed by atoms with Gasteiger partial charge in [-0.1, -0.05) is 99.5 Å². The van der Waals surface area contributed by atoms with Gasteiger partial charge in [-0.25, -0.2) is 14.2 Å². The Morgan fingerprint density at radius 1 is 1.09 bits per heavy atom. The van der Waals surface area contributed by atoms with E-state index in [4.69, 9.17) is 26.1 Å². The van der Waals surface area contributed by atoms with Gasteiger partial charge in [-0.3, -0.25) is 9.36 Å². The van der Waals surface area contributed by atoms with E-state index in [0.29, 0.717) is 48.1 Å². The van der Waals surface area contributed by atoms with Crippen molar-refractivity contribution >= 4 is 79.2 Å².